The fourth-order valence-corrected chi connectivity index (χ4v) is 2.97. The highest BCUT2D eigenvalue weighted by Crippen LogP contribution is 2.24. The molecule has 0 amide bonds. The number of aromatic nitrogens is 1. The van der Waals surface area contributed by atoms with Gasteiger partial charge in [-0.05, 0) is 41.8 Å². The summed E-state index contributed by atoms with van der Waals surface area (Å²) in [5, 5.41) is 1.18. The maximum Gasteiger partial charge on any atom is 0.0704 e. The van der Waals surface area contributed by atoms with Gasteiger partial charge in [0.1, 0.15) is 0 Å². The summed E-state index contributed by atoms with van der Waals surface area (Å²) in [6, 6.07) is 18.5. The molecule has 3 N–H and O–H groups in total. The molecule has 1 aromatic heterocycles. The van der Waals surface area contributed by atoms with Gasteiger partial charge >= 0.3 is 0 Å². The average molecular weight is 342 g/mol. The number of nitrogens with two attached hydrogens (primary N) is 1. The summed E-state index contributed by atoms with van der Waals surface area (Å²) in [5.41, 5.74) is 6.33. The van der Waals surface area contributed by atoms with Gasteiger partial charge in [-0.1, -0.05) is 46.3 Å². The van der Waals surface area contributed by atoms with E-state index in [0.717, 1.165) is 22.0 Å². The number of nitrogens with zero attached hydrogens (tertiary/aromatic N) is 1. The number of hydrogen-bond donors (Lipinski definition) is 2. The highest BCUT2D eigenvalue weighted by atomic mass is 79.9. The minimum Gasteiger partial charge on any atom is -0.271 e. The Bertz CT molecular complexity index is 752. The van der Waals surface area contributed by atoms with E-state index in [1.165, 1.54) is 10.9 Å². The summed E-state index contributed by atoms with van der Waals surface area (Å²) < 4.78 is 1.06. The van der Waals surface area contributed by atoms with Crippen LogP contribution in [0.2, 0.25) is 0 Å². The monoisotopic (exact) mass is 341 g/mol. The lowest BCUT2D eigenvalue weighted by Crippen LogP contribution is -2.29. The third-order valence-electron chi connectivity index (χ3n) is 3.62. The van der Waals surface area contributed by atoms with Crippen LogP contribution < -0.4 is 11.3 Å². The molecule has 3 rings (SSSR count). The molecule has 2 aromatic carbocycles. The molecule has 0 fully saturated rings. The van der Waals surface area contributed by atoms with Crippen LogP contribution in [0.3, 0.4) is 0 Å². The lowest BCUT2D eigenvalue weighted by atomic mass is 9.97. The number of halogens is 1. The van der Waals surface area contributed by atoms with Crippen LogP contribution in [0.15, 0.2) is 65.3 Å². The smallest absolute Gasteiger partial charge is 0.0704 e. The van der Waals surface area contributed by atoms with Crippen molar-refractivity contribution in [3.05, 3.63) is 76.4 Å². The number of fused-ring (bicyclic) bond motifs is 1. The van der Waals surface area contributed by atoms with Gasteiger partial charge in [0.15, 0.2) is 0 Å². The van der Waals surface area contributed by atoms with Gasteiger partial charge in [-0.2, -0.15) is 0 Å². The first-order chi connectivity index (χ1) is 10.3. The van der Waals surface area contributed by atoms with Crippen molar-refractivity contribution >= 4 is 26.8 Å². The number of nitrogens with one attached hydrogen (secondary N) is 1. The first-order valence-corrected chi connectivity index (χ1v) is 7.61. The van der Waals surface area contributed by atoms with Crippen molar-refractivity contribution in [1.82, 2.24) is 10.4 Å². The van der Waals surface area contributed by atoms with Crippen LogP contribution in [0.5, 0.6) is 0 Å². The molecule has 1 heterocycles. The minimum atomic E-state index is 0.0632. The summed E-state index contributed by atoms with van der Waals surface area (Å²) in [6.07, 6.45) is 2.67. The van der Waals surface area contributed by atoms with E-state index >= 15 is 0 Å². The number of rotatable bonds is 4. The quantitative estimate of drug-likeness (QED) is 0.561. The third kappa shape index (κ3) is 3.13. The van der Waals surface area contributed by atoms with E-state index in [9.17, 15) is 0 Å². The lowest BCUT2D eigenvalue weighted by molar-refractivity contribution is 0.553. The molecule has 0 aliphatic rings. The van der Waals surface area contributed by atoms with E-state index < -0.39 is 0 Å². The molecule has 21 heavy (non-hydrogen) atoms. The van der Waals surface area contributed by atoms with Crippen molar-refractivity contribution in [3.8, 4) is 0 Å². The zero-order valence-electron chi connectivity index (χ0n) is 11.5. The van der Waals surface area contributed by atoms with Crippen LogP contribution in [0.4, 0.5) is 0 Å². The van der Waals surface area contributed by atoms with Crippen molar-refractivity contribution in [2.75, 3.05) is 0 Å². The van der Waals surface area contributed by atoms with Gasteiger partial charge in [-0.15, -0.1) is 0 Å². The fourth-order valence-electron chi connectivity index (χ4n) is 2.55. The molecule has 4 heteroatoms. The average Bonchev–Trinajstić information content (AvgIpc) is 2.52. The maximum absolute atomic E-state index is 5.77. The van der Waals surface area contributed by atoms with Crippen LogP contribution >= 0.6 is 15.9 Å². The molecule has 1 unspecified atom stereocenters. The van der Waals surface area contributed by atoms with E-state index in [0.29, 0.717) is 0 Å². The SMILES string of the molecule is NNC(Cc1ccnc2ccccc12)c1cccc(Br)c1. The molecule has 0 aliphatic heterocycles. The van der Waals surface area contributed by atoms with E-state index in [1.807, 2.05) is 36.5 Å². The van der Waals surface area contributed by atoms with Crippen LogP contribution in [0.1, 0.15) is 17.2 Å². The number of para-hydroxylation sites is 1. The molecule has 106 valence electrons. The Balaban J connectivity index is 1.96. The highest BCUT2D eigenvalue weighted by Gasteiger charge is 2.12. The molecule has 0 aliphatic carbocycles. The first-order valence-electron chi connectivity index (χ1n) is 6.82. The highest BCUT2D eigenvalue weighted by molar-refractivity contribution is 9.10. The topological polar surface area (TPSA) is 50.9 Å². The Morgan fingerprint density at radius 3 is 2.76 bits per heavy atom. The second-order valence-corrected chi connectivity index (χ2v) is 5.88. The summed E-state index contributed by atoms with van der Waals surface area (Å²) in [7, 11) is 0. The Morgan fingerprint density at radius 1 is 1.10 bits per heavy atom. The summed E-state index contributed by atoms with van der Waals surface area (Å²) in [6.45, 7) is 0. The van der Waals surface area contributed by atoms with E-state index in [-0.39, 0.29) is 6.04 Å². The van der Waals surface area contributed by atoms with Gasteiger partial charge in [-0.25, -0.2) is 0 Å². The molecule has 3 aromatic rings. The summed E-state index contributed by atoms with van der Waals surface area (Å²) >= 11 is 3.51. The van der Waals surface area contributed by atoms with Crippen LogP contribution in [-0.2, 0) is 6.42 Å². The Labute approximate surface area is 132 Å². The predicted molar refractivity (Wildman–Crippen MR) is 89.7 cm³/mol. The molecule has 0 saturated heterocycles. The first kappa shape index (κ1) is 14.2. The number of pyridine rings is 1. The molecule has 0 spiro atoms. The second-order valence-electron chi connectivity index (χ2n) is 4.97. The molecule has 0 saturated carbocycles. The second kappa shape index (κ2) is 6.35. The van der Waals surface area contributed by atoms with Gasteiger partial charge in [0, 0.05) is 16.1 Å². The lowest BCUT2D eigenvalue weighted by Gasteiger charge is -2.17. The fraction of sp³-hybridized carbons (Fsp3) is 0.118. The Hall–Kier alpha value is -1.75. The van der Waals surface area contributed by atoms with E-state index in [4.69, 9.17) is 5.84 Å². The summed E-state index contributed by atoms with van der Waals surface area (Å²) in [4.78, 5) is 4.40. The van der Waals surface area contributed by atoms with Gasteiger partial charge in [-0.3, -0.25) is 16.3 Å². The predicted octanol–water partition coefficient (Wildman–Crippen LogP) is 3.74. The van der Waals surface area contributed by atoms with Crippen molar-refractivity contribution in [3.63, 3.8) is 0 Å². The van der Waals surface area contributed by atoms with E-state index in [1.54, 1.807) is 0 Å². The van der Waals surface area contributed by atoms with Crippen molar-refractivity contribution in [1.29, 1.82) is 0 Å². The standard InChI is InChI=1S/C17H16BrN3/c18-14-5-3-4-13(10-14)17(21-19)11-12-8-9-20-16-7-2-1-6-15(12)16/h1-10,17,21H,11,19H2. The molecule has 0 radical (unpaired) electrons. The minimum absolute atomic E-state index is 0.0632. The zero-order chi connectivity index (χ0) is 14.7. The number of hydrazine groups is 1. The van der Waals surface area contributed by atoms with Crippen molar-refractivity contribution in [2.24, 2.45) is 5.84 Å². The molecule has 1 atom stereocenters. The molecule has 3 nitrogen and oxygen atoms in total. The van der Waals surface area contributed by atoms with Gasteiger partial charge in [0.05, 0.1) is 11.6 Å². The van der Waals surface area contributed by atoms with Gasteiger partial charge in [0.25, 0.3) is 0 Å². The van der Waals surface area contributed by atoms with Crippen LogP contribution in [0.25, 0.3) is 10.9 Å². The zero-order valence-corrected chi connectivity index (χ0v) is 13.0. The largest absolute Gasteiger partial charge is 0.271 e. The summed E-state index contributed by atoms with van der Waals surface area (Å²) in [5.74, 6) is 5.77. The number of benzene rings is 2. The van der Waals surface area contributed by atoms with E-state index in [2.05, 4.69) is 50.6 Å². The number of hydrogen-bond acceptors (Lipinski definition) is 3. The van der Waals surface area contributed by atoms with Gasteiger partial charge in [0.2, 0.25) is 0 Å². The molecular weight excluding hydrogens is 326 g/mol. The van der Waals surface area contributed by atoms with Gasteiger partial charge < -0.3 is 0 Å². The van der Waals surface area contributed by atoms with Crippen molar-refractivity contribution in [2.45, 2.75) is 12.5 Å². The molecule has 0 bridgehead atoms. The maximum atomic E-state index is 5.77. The third-order valence-corrected chi connectivity index (χ3v) is 4.11. The van der Waals surface area contributed by atoms with Crippen molar-refractivity contribution < 1.29 is 0 Å². The Morgan fingerprint density at radius 2 is 1.95 bits per heavy atom. The van der Waals surface area contributed by atoms with Crippen LogP contribution in [0, 0.1) is 0 Å². The normalized spacial score (nSPS) is 12.5. The Kier molecular flexibility index (Phi) is 4.29. The molecular formula is C17H16BrN3. The van der Waals surface area contributed by atoms with Crippen LogP contribution in [-0.4, -0.2) is 4.98 Å².